The first-order valence-electron chi connectivity index (χ1n) is 7.97. The van der Waals surface area contributed by atoms with Crippen molar-refractivity contribution in [3.05, 3.63) is 29.8 Å². The summed E-state index contributed by atoms with van der Waals surface area (Å²) in [6, 6.07) is 7.87. The number of carbonyl (C=O) groups is 1. The molecule has 1 aliphatic carbocycles. The normalized spacial score (nSPS) is 20.4. The van der Waals surface area contributed by atoms with Crippen LogP contribution in [0.1, 0.15) is 18.4 Å². The lowest BCUT2D eigenvalue weighted by Crippen LogP contribution is -2.43. The molecule has 0 spiro atoms. The summed E-state index contributed by atoms with van der Waals surface area (Å²) >= 11 is 0. The Labute approximate surface area is 131 Å². The number of amides is 1. The van der Waals surface area contributed by atoms with Crippen LogP contribution in [0.2, 0.25) is 0 Å². The van der Waals surface area contributed by atoms with E-state index in [9.17, 15) is 4.79 Å². The van der Waals surface area contributed by atoms with Gasteiger partial charge in [0.25, 0.3) is 0 Å². The van der Waals surface area contributed by atoms with Gasteiger partial charge in [-0.3, -0.25) is 9.69 Å². The minimum atomic E-state index is -0.308. The number of ether oxygens (including phenoxy) is 2. The highest BCUT2D eigenvalue weighted by atomic mass is 16.5. The van der Waals surface area contributed by atoms with Crippen LogP contribution in [0.5, 0.6) is 5.75 Å². The van der Waals surface area contributed by atoms with Crippen molar-refractivity contribution in [1.29, 1.82) is 0 Å². The van der Waals surface area contributed by atoms with Crippen molar-refractivity contribution in [2.75, 3.05) is 46.5 Å². The lowest BCUT2D eigenvalue weighted by Gasteiger charge is -2.27. The van der Waals surface area contributed by atoms with Gasteiger partial charge in [0.1, 0.15) is 5.75 Å². The average Bonchev–Trinajstić information content (AvgIpc) is 3.38. The van der Waals surface area contributed by atoms with Gasteiger partial charge in [-0.15, -0.1) is 0 Å². The fraction of sp³-hybridized carbons (Fsp3) is 0.588. The van der Waals surface area contributed by atoms with Crippen LogP contribution in [0.25, 0.3) is 0 Å². The van der Waals surface area contributed by atoms with Crippen LogP contribution < -0.4 is 10.1 Å². The molecule has 0 unspecified atom stereocenters. The summed E-state index contributed by atoms with van der Waals surface area (Å²) in [6.45, 7) is 5.11. The molecule has 1 aromatic carbocycles. The molecular weight excluding hydrogens is 280 g/mol. The zero-order valence-electron chi connectivity index (χ0n) is 13.1. The van der Waals surface area contributed by atoms with E-state index in [1.54, 1.807) is 7.11 Å². The van der Waals surface area contributed by atoms with Gasteiger partial charge in [-0.1, -0.05) is 12.1 Å². The van der Waals surface area contributed by atoms with Crippen molar-refractivity contribution in [3.63, 3.8) is 0 Å². The quantitative estimate of drug-likeness (QED) is 0.857. The third-order valence-electron chi connectivity index (χ3n) is 4.64. The first-order chi connectivity index (χ1) is 10.7. The fourth-order valence-electron chi connectivity index (χ4n) is 3.00. The third-order valence-corrected chi connectivity index (χ3v) is 4.64. The minimum absolute atomic E-state index is 0.158. The summed E-state index contributed by atoms with van der Waals surface area (Å²) in [4.78, 5) is 14.9. The lowest BCUT2D eigenvalue weighted by atomic mass is 9.95. The van der Waals surface area contributed by atoms with Crippen LogP contribution in [-0.2, 0) is 14.9 Å². The van der Waals surface area contributed by atoms with E-state index in [-0.39, 0.29) is 11.3 Å². The highest BCUT2D eigenvalue weighted by Gasteiger charge is 2.51. The van der Waals surface area contributed by atoms with E-state index in [4.69, 9.17) is 9.47 Å². The molecule has 3 rings (SSSR count). The fourth-order valence-corrected chi connectivity index (χ4v) is 3.00. The zero-order chi connectivity index (χ0) is 15.4. The summed E-state index contributed by atoms with van der Waals surface area (Å²) in [5, 5.41) is 3.11. The Morgan fingerprint density at radius 2 is 1.95 bits per heavy atom. The average molecular weight is 304 g/mol. The van der Waals surface area contributed by atoms with E-state index in [0.29, 0.717) is 6.54 Å². The first-order valence-corrected chi connectivity index (χ1v) is 7.97. The van der Waals surface area contributed by atoms with Crippen molar-refractivity contribution in [1.82, 2.24) is 10.2 Å². The summed E-state index contributed by atoms with van der Waals surface area (Å²) in [5.41, 5.74) is 0.786. The van der Waals surface area contributed by atoms with Crippen molar-refractivity contribution in [2.45, 2.75) is 18.3 Å². The van der Waals surface area contributed by atoms with Gasteiger partial charge in [0.15, 0.2) is 0 Å². The summed E-state index contributed by atoms with van der Waals surface area (Å²) < 4.78 is 10.5. The Morgan fingerprint density at radius 3 is 2.55 bits per heavy atom. The second kappa shape index (κ2) is 6.67. The lowest BCUT2D eigenvalue weighted by molar-refractivity contribution is -0.123. The summed E-state index contributed by atoms with van der Waals surface area (Å²) in [7, 11) is 1.65. The number of hydrogen-bond acceptors (Lipinski definition) is 4. The number of benzene rings is 1. The molecule has 22 heavy (non-hydrogen) atoms. The SMILES string of the molecule is COc1ccc(C2(C(=O)NCCN3CCOCC3)CC2)cc1. The topological polar surface area (TPSA) is 50.8 Å². The van der Waals surface area contributed by atoms with Crippen LogP contribution in [-0.4, -0.2) is 57.3 Å². The predicted molar refractivity (Wildman–Crippen MR) is 84.2 cm³/mol. The second-order valence-electron chi connectivity index (χ2n) is 6.02. The smallest absolute Gasteiger partial charge is 0.230 e. The number of nitrogens with zero attached hydrogens (tertiary/aromatic N) is 1. The Hall–Kier alpha value is -1.59. The van der Waals surface area contributed by atoms with E-state index < -0.39 is 0 Å². The van der Waals surface area contributed by atoms with Crippen molar-refractivity contribution < 1.29 is 14.3 Å². The molecule has 0 atom stereocenters. The highest BCUT2D eigenvalue weighted by Crippen LogP contribution is 2.48. The summed E-state index contributed by atoms with van der Waals surface area (Å²) in [5.74, 6) is 0.984. The third kappa shape index (κ3) is 3.25. The predicted octanol–water partition coefficient (Wildman–Crippen LogP) is 1.18. The molecule has 1 amide bonds. The molecule has 5 nitrogen and oxygen atoms in total. The maximum Gasteiger partial charge on any atom is 0.230 e. The van der Waals surface area contributed by atoms with E-state index in [0.717, 1.165) is 57.0 Å². The van der Waals surface area contributed by atoms with Crippen LogP contribution in [0.4, 0.5) is 0 Å². The largest absolute Gasteiger partial charge is 0.497 e. The molecule has 1 saturated heterocycles. The molecule has 0 aromatic heterocycles. The number of hydrogen-bond donors (Lipinski definition) is 1. The molecule has 5 heteroatoms. The Balaban J connectivity index is 1.52. The number of morpholine rings is 1. The molecule has 0 radical (unpaired) electrons. The van der Waals surface area contributed by atoms with E-state index in [2.05, 4.69) is 10.2 Å². The van der Waals surface area contributed by atoms with Gasteiger partial charge in [-0.2, -0.15) is 0 Å². The highest BCUT2D eigenvalue weighted by molar-refractivity contribution is 5.91. The van der Waals surface area contributed by atoms with Crippen LogP contribution in [0, 0.1) is 0 Å². The van der Waals surface area contributed by atoms with E-state index in [1.807, 2.05) is 24.3 Å². The van der Waals surface area contributed by atoms with Crippen molar-refractivity contribution in [2.24, 2.45) is 0 Å². The first kappa shape index (κ1) is 15.3. The van der Waals surface area contributed by atoms with Gasteiger partial charge in [-0.05, 0) is 30.5 Å². The van der Waals surface area contributed by atoms with E-state index >= 15 is 0 Å². The number of methoxy groups -OCH3 is 1. The van der Waals surface area contributed by atoms with Crippen molar-refractivity contribution >= 4 is 5.91 Å². The molecular formula is C17H24N2O3. The zero-order valence-corrected chi connectivity index (χ0v) is 13.1. The number of nitrogens with one attached hydrogen (secondary N) is 1. The monoisotopic (exact) mass is 304 g/mol. The summed E-state index contributed by atoms with van der Waals surface area (Å²) in [6.07, 6.45) is 1.87. The Morgan fingerprint density at radius 1 is 1.27 bits per heavy atom. The van der Waals surface area contributed by atoms with Crippen LogP contribution in [0.3, 0.4) is 0 Å². The van der Waals surface area contributed by atoms with Gasteiger partial charge >= 0.3 is 0 Å². The standard InChI is InChI=1S/C17H24N2O3/c1-21-15-4-2-14(3-5-15)17(6-7-17)16(20)18-8-9-19-10-12-22-13-11-19/h2-5H,6-13H2,1H3,(H,18,20). The van der Waals surface area contributed by atoms with Gasteiger partial charge < -0.3 is 14.8 Å². The number of carbonyl (C=O) groups excluding carboxylic acids is 1. The molecule has 2 aliphatic rings. The molecule has 1 heterocycles. The molecule has 1 aliphatic heterocycles. The maximum absolute atomic E-state index is 12.5. The van der Waals surface area contributed by atoms with Gasteiger partial charge in [0.2, 0.25) is 5.91 Å². The molecule has 120 valence electrons. The van der Waals surface area contributed by atoms with E-state index in [1.165, 1.54) is 0 Å². The molecule has 2 fully saturated rings. The van der Waals surface area contributed by atoms with Gasteiger partial charge in [0, 0.05) is 26.2 Å². The maximum atomic E-state index is 12.5. The molecule has 0 bridgehead atoms. The molecule has 1 saturated carbocycles. The Bertz CT molecular complexity index is 505. The van der Waals surface area contributed by atoms with Crippen LogP contribution >= 0.6 is 0 Å². The van der Waals surface area contributed by atoms with Crippen LogP contribution in [0.15, 0.2) is 24.3 Å². The molecule has 1 N–H and O–H groups in total. The number of rotatable bonds is 6. The van der Waals surface area contributed by atoms with Gasteiger partial charge in [0.05, 0.1) is 25.7 Å². The van der Waals surface area contributed by atoms with Crippen molar-refractivity contribution in [3.8, 4) is 5.75 Å². The van der Waals surface area contributed by atoms with Gasteiger partial charge in [-0.25, -0.2) is 0 Å². The second-order valence-corrected chi connectivity index (χ2v) is 6.02. The Kier molecular flexibility index (Phi) is 4.64. The minimum Gasteiger partial charge on any atom is -0.497 e. The molecule has 1 aromatic rings.